The zero-order valence-corrected chi connectivity index (χ0v) is 8.90. The van der Waals surface area contributed by atoms with Crippen molar-refractivity contribution in [2.45, 2.75) is 11.7 Å². The lowest BCUT2D eigenvalue weighted by atomic mass is 9.84. The molecule has 0 saturated heterocycles. The zero-order valence-electron chi connectivity index (χ0n) is 8.90. The Morgan fingerprint density at radius 2 is 2.12 bits per heavy atom. The predicted octanol–water partition coefficient (Wildman–Crippen LogP) is 2.53. The number of allylic oxidation sites excluding steroid dienone is 2. The summed E-state index contributed by atoms with van der Waals surface area (Å²) in [4.78, 5) is 0. The lowest BCUT2D eigenvalue weighted by Crippen LogP contribution is -2.39. The van der Waals surface area contributed by atoms with Crippen molar-refractivity contribution in [3.63, 3.8) is 0 Å². The molecule has 0 saturated carbocycles. The molecule has 2 nitrogen and oxygen atoms in total. The summed E-state index contributed by atoms with van der Waals surface area (Å²) in [6.07, 6.45) is 5.84. The number of nitrogens with zero attached hydrogens (tertiary/aromatic N) is 1. The van der Waals surface area contributed by atoms with E-state index in [-0.39, 0.29) is 11.1 Å². The van der Waals surface area contributed by atoms with E-state index in [0.29, 0.717) is 0 Å². The van der Waals surface area contributed by atoms with Crippen LogP contribution < -0.4 is 5.73 Å². The fourth-order valence-corrected chi connectivity index (χ4v) is 1.89. The van der Waals surface area contributed by atoms with Gasteiger partial charge in [0, 0.05) is 0 Å². The molecule has 0 fully saturated rings. The van der Waals surface area contributed by atoms with Crippen LogP contribution in [0.4, 0.5) is 8.78 Å². The molecule has 0 bridgehead atoms. The normalized spacial score (nSPS) is 26.8. The third kappa shape index (κ3) is 1.97. The minimum Gasteiger partial charge on any atom is -0.295 e. The van der Waals surface area contributed by atoms with Gasteiger partial charge >= 0.3 is 0 Å². The molecule has 4 heteroatoms. The smallest absolute Gasteiger partial charge is 0.188 e. The number of hydrogen-bond acceptors (Lipinski definition) is 2. The van der Waals surface area contributed by atoms with E-state index in [1.807, 2.05) is 0 Å². The highest BCUT2D eigenvalue weighted by Crippen LogP contribution is 2.35. The first-order valence-corrected chi connectivity index (χ1v) is 5.08. The predicted molar refractivity (Wildman–Crippen MR) is 60.2 cm³/mol. The van der Waals surface area contributed by atoms with Crippen LogP contribution in [0.2, 0.25) is 0 Å². The largest absolute Gasteiger partial charge is 0.295 e. The molecule has 1 aliphatic rings. The van der Waals surface area contributed by atoms with Crippen molar-refractivity contribution in [3.05, 3.63) is 59.4 Å². The SMILES string of the molecule is N#Cc1c(F)cccc1C1C=CC=CC1(N)F. The highest BCUT2D eigenvalue weighted by Gasteiger charge is 2.35. The van der Waals surface area contributed by atoms with Crippen LogP contribution in [0.15, 0.2) is 42.5 Å². The van der Waals surface area contributed by atoms with Crippen LogP contribution in [0.5, 0.6) is 0 Å². The van der Waals surface area contributed by atoms with Gasteiger partial charge in [-0.05, 0) is 17.7 Å². The number of benzene rings is 1. The molecule has 1 aliphatic carbocycles. The van der Waals surface area contributed by atoms with Gasteiger partial charge in [0.2, 0.25) is 0 Å². The van der Waals surface area contributed by atoms with Crippen LogP contribution in [-0.2, 0) is 0 Å². The molecule has 0 spiro atoms. The van der Waals surface area contributed by atoms with Crippen molar-refractivity contribution in [1.82, 2.24) is 0 Å². The van der Waals surface area contributed by atoms with Crippen molar-refractivity contribution in [3.8, 4) is 6.07 Å². The second-order valence-electron chi connectivity index (χ2n) is 3.86. The van der Waals surface area contributed by atoms with Gasteiger partial charge in [-0.25, -0.2) is 8.78 Å². The van der Waals surface area contributed by atoms with Gasteiger partial charge in [-0.1, -0.05) is 30.4 Å². The van der Waals surface area contributed by atoms with Gasteiger partial charge in [0.05, 0.1) is 11.5 Å². The molecule has 2 atom stereocenters. The summed E-state index contributed by atoms with van der Waals surface area (Å²) in [5.41, 5.74) is 5.59. The summed E-state index contributed by atoms with van der Waals surface area (Å²) in [6, 6.07) is 5.86. The zero-order chi connectivity index (χ0) is 12.5. The monoisotopic (exact) mass is 232 g/mol. The molecule has 0 aromatic heterocycles. The Morgan fingerprint density at radius 1 is 1.35 bits per heavy atom. The lowest BCUT2D eigenvalue weighted by Gasteiger charge is -2.28. The molecular weight excluding hydrogens is 222 g/mol. The summed E-state index contributed by atoms with van der Waals surface area (Å²) in [5, 5.41) is 8.90. The van der Waals surface area contributed by atoms with Gasteiger partial charge in [0.1, 0.15) is 11.9 Å². The number of alkyl halides is 1. The quantitative estimate of drug-likeness (QED) is 0.756. The lowest BCUT2D eigenvalue weighted by molar-refractivity contribution is 0.213. The van der Waals surface area contributed by atoms with Crippen molar-refractivity contribution in [2.24, 2.45) is 5.73 Å². The van der Waals surface area contributed by atoms with Gasteiger partial charge in [0.15, 0.2) is 5.79 Å². The Balaban J connectivity index is 2.56. The summed E-state index contributed by atoms with van der Waals surface area (Å²) >= 11 is 0. The highest BCUT2D eigenvalue weighted by molar-refractivity contribution is 5.46. The van der Waals surface area contributed by atoms with Gasteiger partial charge in [-0.3, -0.25) is 5.73 Å². The van der Waals surface area contributed by atoms with E-state index in [1.165, 1.54) is 36.4 Å². The first-order valence-electron chi connectivity index (χ1n) is 5.08. The molecule has 2 unspecified atom stereocenters. The van der Waals surface area contributed by atoms with Gasteiger partial charge < -0.3 is 0 Å². The van der Waals surface area contributed by atoms with E-state index in [0.717, 1.165) is 0 Å². The van der Waals surface area contributed by atoms with E-state index in [9.17, 15) is 8.78 Å². The number of halogens is 2. The van der Waals surface area contributed by atoms with Gasteiger partial charge in [-0.2, -0.15) is 5.26 Å². The second-order valence-corrected chi connectivity index (χ2v) is 3.86. The average Bonchev–Trinajstić information content (AvgIpc) is 2.28. The first-order chi connectivity index (χ1) is 8.06. The summed E-state index contributed by atoms with van der Waals surface area (Å²) in [7, 11) is 0. The van der Waals surface area contributed by atoms with Crippen molar-refractivity contribution < 1.29 is 8.78 Å². The second kappa shape index (κ2) is 4.11. The summed E-state index contributed by atoms with van der Waals surface area (Å²) in [6.45, 7) is 0. The van der Waals surface area contributed by atoms with E-state index < -0.39 is 17.5 Å². The summed E-state index contributed by atoms with van der Waals surface area (Å²) in [5.74, 6) is -3.62. The molecule has 2 rings (SSSR count). The Morgan fingerprint density at radius 3 is 2.76 bits per heavy atom. The maximum atomic E-state index is 14.1. The van der Waals surface area contributed by atoms with Gasteiger partial charge in [0.25, 0.3) is 0 Å². The van der Waals surface area contributed by atoms with Crippen LogP contribution in [-0.4, -0.2) is 5.79 Å². The molecule has 17 heavy (non-hydrogen) atoms. The van der Waals surface area contributed by atoms with Crippen LogP contribution in [0.25, 0.3) is 0 Å². The van der Waals surface area contributed by atoms with Crippen molar-refractivity contribution >= 4 is 0 Å². The Kier molecular flexibility index (Phi) is 2.78. The maximum Gasteiger partial charge on any atom is 0.188 e. The van der Waals surface area contributed by atoms with Crippen molar-refractivity contribution in [1.29, 1.82) is 5.26 Å². The van der Waals surface area contributed by atoms with E-state index in [1.54, 1.807) is 12.1 Å². The van der Waals surface area contributed by atoms with Crippen molar-refractivity contribution in [2.75, 3.05) is 0 Å². The van der Waals surface area contributed by atoms with E-state index in [4.69, 9.17) is 11.0 Å². The van der Waals surface area contributed by atoms with Crippen LogP contribution >= 0.6 is 0 Å². The molecule has 0 heterocycles. The van der Waals surface area contributed by atoms with Crippen LogP contribution in [0.3, 0.4) is 0 Å². The standard InChI is InChI=1S/C13H10F2N2/c14-12-6-3-4-9(10(12)8-16)11-5-1-2-7-13(11,15)17/h1-7,11H,17H2. The molecule has 1 aromatic rings. The van der Waals surface area contributed by atoms with Gasteiger partial charge in [-0.15, -0.1) is 0 Å². The summed E-state index contributed by atoms with van der Waals surface area (Å²) < 4.78 is 27.5. The van der Waals surface area contributed by atoms with Crippen LogP contribution in [0.1, 0.15) is 17.0 Å². The molecule has 0 aliphatic heterocycles. The first kappa shape index (κ1) is 11.5. The highest BCUT2D eigenvalue weighted by atomic mass is 19.1. The number of nitriles is 1. The van der Waals surface area contributed by atoms with Crippen LogP contribution in [0, 0.1) is 17.1 Å². The molecule has 1 aromatic carbocycles. The third-order valence-corrected chi connectivity index (χ3v) is 2.74. The fraction of sp³-hybridized carbons (Fsp3) is 0.154. The van der Waals surface area contributed by atoms with E-state index in [2.05, 4.69) is 0 Å². The minimum absolute atomic E-state index is 0.162. The van der Waals surface area contributed by atoms with E-state index >= 15 is 0 Å². The topological polar surface area (TPSA) is 49.8 Å². The number of rotatable bonds is 1. The Hall–Kier alpha value is -1.99. The molecule has 0 radical (unpaired) electrons. The fourth-order valence-electron chi connectivity index (χ4n) is 1.89. The molecule has 86 valence electrons. The molecule has 2 N–H and O–H groups in total. The average molecular weight is 232 g/mol. The minimum atomic E-state index is -2.10. The molecule has 0 amide bonds. The molecular formula is C13H10F2N2. The Bertz CT molecular complexity index is 539. The maximum absolute atomic E-state index is 14.1. The third-order valence-electron chi connectivity index (χ3n) is 2.74. The number of nitrogens with two attached hydrogens (primary N) is 1. The number of hydrogen-bond donors (Lipinski definition) is 1. The Labute approximate surface area is 97.7 Å².